The van der Waals surface area contributed by atoms with Crippen LogP contribution >= 0.6 is 0 Å². The maximum atomic E-state index is 12.7. The highest BCUT2D eigenvalue weighted by molar-refractivity contribution is 6.04. The number of ether oxygens (including phenoxy) is 3. The number of nitrogens with zero attached hydrogens (tertiary/aromatic N) is 2. The van der Waals surface area contributed by atoms with Crippen LogP contribution in [0.5, 0.6) is 17.2 Å². The van der Waals surface area contributed by atoms with Crippen LogP contribution in [0.4, 0.5) is 5.69 Å². The molecule has 0 atom stereocenters. The number of aromatic nitrogens is 2. The van der Waals surface area contributed by atoms with Gasteiger partial charge in [-0.1, -0.05) is 0 Å². The van der Waals surface area contributed by atoms with Gasteiger partial charge in [0.05, 0.1) is 18.5 Å². The third-order valence-electron chi connectivity index (χ3n) is 5.11. The summed E-state index contributed by atoms with van der Waals surface area (Å²) in [6.45, 7) is 2.18. The number of imidazole rings is 1. The van der Waals surface area contributed by atoms with E-state index in [1.807, 2.05) is 53.9 Å². The van der Waals surface area contributed by atoms with Crippen molar-refractivity contribution in [1.82, 2.24) is 9.38 Å². The van der Waals surface area contributed by atoms with E-state index in [1.54, 1.807) is 25.3 Å². The molecule has 1 aliphatic heterocycles. The van der Waals surface area contributed by atoms with Crippen LogP contribution in [0.1, 0.15) is 16.1 Å². The molecule has 0 spiro atoms. The smallest absolute Gasteiger partial charge is 0.255 e. The predicted molar refractivity (Wildman–Crippen MR) is 112 cm³/mol. The molecule has 0 saturated heterocycles. The van der Waals surface area contributed by atoms with Gasteiger partial charge >= 0.3 is 0 Å². The highest BCUT2D eigenvalue weighted by atomic mass is 16.7. The van der Waals surface area contributed by atoms with Crippen molar-refractivity contribution in [3.8, 4) is 28.5 Å². The molecule has 2 aromatic heterocycles. The number of pyridine rings is 1. The molecule has 0 fully saturated rings. The van der Waals surface area contributed by atoms with Crippen LogP contribution in [-0.4, -0.2) is 29.2 Å². The van der Waals surface area contributed by atoms with E-state index in [1.165, 1.54) is 0 Å². The fourth-order valence-electron chi connectivity index (χ4n) is 3.50. The lowest BCUT2D eigenvalue weighted by Gasteiger charge is -2.07. The topological polar surface area (TPSA) is 74.1 Å². The molecule has 3 heterocycles. The Morgan fingerprint density at radius 2 is 1.87 bits per heavy atom. The number of benzene rings is 2. The largest absolute Gasteiger partial charge is 0.497 e. The first-order chi connectivity index (χ1) is 14.6. The second kappa shape index (κ2) is 7.11. The molecule has 4 aromatic rings. The zero-order chi connectivity index (χ0) is 20.7. The van der Waals surface area contributed by atoms with Gasteiger partial charge in [0.25, 0.3) is 5.91 Å². The molecule has 0 bridgehead atoms. The molecule has 0 unspecified atom stereocenters. The first-order valence-electron chi connectivity index (χ1n) is 9.46. The quantitative estimate of drug-likeness (QED) is 0.552. The van der Waals surface area contributed by atoms with Crippen molar-refractivity contribution in [2.24, 2.45) is 0 Å². The van der Waals surface area contributed by atoms with Gasteiger partial charge in [-0.15, -0.1) is 0 Å². The molecule has 30 heavy (non-hydrogen) atoms. The van der Waals surface area contributed by atoms with Crippen molar-refractivity contribution in [3.63, 3.8) is 0 Å². The number of hydrogen-bond acceptors (Lipinski definition) is 5. The van der Waals surface area contributed by atoms with E-state index in [9.17, 15) is 4.79 Å². The first-order valence-corrected chi connectivity index (χ1v) is 9.46. The van der Waals surface area contributed by atoms with Gasteiger partial charge in [0.15, 0.2) is 11.5 Å². The molecular weight excluding hydrogens is 382 g/mol. The lowest BCUT2D eigenvalue weighted by Crippen LogP contribution is -2.12. The second-order valence-electron chi connectivity index (χ2n) is 6.94. The van der Waals surface area contributed by atoms with Crippen LogP contribution in [0.2, 0.25) is 0 Å². The maximum Gasteiger partial charge on any atom is 0.255 e. The molecule has 0 saturated carbocycles. The van der Waals surface area contributed by atoms with E-state index in [4.69, 9.17) is 19.2 Å². The van der Waals surface area contributed by atoms with Crippen molar-refractivity contribution >= 4 is 17.2 Å². The Labute approximate surface area is 172 Å². The summed E-state index contributed by atoms with van der Waals surface area (Å²) >= 11 is 0. The molecule has 150 valence electrons. The third kappa shape index (κ3) is 3.10. The van der Waals surface area contributed by atoms with Crippen molar-refractivity contribution in [3.05, 3.63) is 72.1 Å². The number of anilines is 1. The minimum absolute atomic E-state index is 0.174. The summed E-state index contributed by atoms with van der Waals surface area (Å²) in [5.74, 6) is 1.80. The fraction of sp³-hybridized carbons (Fsp3) is 0.130. The van der Waals surface area contributed by atoms with Crippen molar-refractivity contribution in [2.45, 2.75) is 6.92 Å². The number of carbonyl (C=O) groups is 1. The summed E-state index contributed by atoms with van der Waals surface area (Å²) in [5, 5.41) is 2.93. The summed E-state index contributed by atoms with van der Waals surface area (Å²) in [4.78, 5) is 17.4. The number of nitrogens with one attached hydrogen (secondary N) is 1. The summed E-state index contributed by atoms with van der Waals surface area (Å²) < 4.78 is 17.8. The molecule has 0 radical (unpaired) electrons. The van der Waals surface area contributed by atoms with Crippen LogP contribution in [0.15, 0.2) is 60.8 Å². The Bertz CT molecular complexity index is 1260. The van der Waals surface area contributed by atoms with E-state index in [2.05, 4.69) is 5.32 Å². The number of carbonyl (C=O) groups excluding carboxylic acids is 1. The zero-order valence-corrected chi connectivity index (χ0v) is 16.5. The monoisotopic (exact) mass is 401 g/mol. The van der Waals surface area contributed by atoms with Crippen molar-refractivity contribution in [2.75, 3.05) is 19.2 Å². The van der Waals surface area contributed by atoms with Gasteiger partial charge in [0.1, 0.15) is 11.4 Å². The standard InChI is InChI=1S/C23H19N3O4/c1-14-22(15-3-7-18(28-2)8-4-15)25-21-10-6-17(12-26(14)21)24-23(27)16-5-9-19-20(11-16)30-13-29-19/h3-12H,13H2,1-2H3,(H,24,27). The minimum atomic E-state index is -0.221. The van der Waals surface area contributed by atoms with Crippen LogP contribution in [-0.2, 0) is 0 Å². The first kappa shape index (κ1) is 18.1. The molecule has 1 amide bonds. The van der Waals surface area contributed by atoms with Gasteiger partial charge < -0.3 is 23.9 Å². The summed E-state index contributed by atoms with van der Waals surface area (Å²) in [7, 11) is 1.64. The average Bonchev–Trinajstić information content (AvgIpc) is 3.38. The molecule has 0 aliphatic carbocycles. The van der Waals surface area contributed by atoms with E-state index in [0.29, 0.717) is 22.7 Å². The fourth-order valence-corrected chi connectivity index (χ4v) is 3.50. The summed E-state index contributed by atoms with van der Waals surface area (Å²) in [5.41, 5.74) is 4.85. The number of methoxy groups -OCH3 is 1. The van der Waals surface area contributed by atoms with Crippen molar-refractivity contribution < 1.29 is 19.0 Å². The van der Waals surface area contributed by atoms with Gasteiger partial charge in [0, 0.05) is 23.0 Å². The Hall–Kier alpha value is -4.00. The highest BCUT2D eigenvalue weighted by Gasteiger charge is 2.17. The van der Waals surface area contributed by atoms with E-state index in [0.717, 1.165) is 28.3 Å². The molecule has 7 nitrogen and oxygen atoms in total. The summed E-state index contributed by atoms with van der Waals surface area (Å²) in [6, 6.07) is 16.6. The van der Waals surface area contributed by atoms with E-state index < -0.39 is 0 Å². The molecule has 1 N–H and O–H groups in total. The van der Waals surface area contributed by atoms with E-state index >= 15 is 0 Å². The highest BCUT2D eigenvalue weighted by Crippen LogP contribution is 2.33. The average molecular weight is 401 g/mol. The molecule has 2 aromatic carbocycles. The number of aryl methyl sites for hydroxylation is 1. The van der Waals surface area contributed by atoms with Gasteiger partial charge in [-0.25, -0.2) is 4.98 Å². The number of fused-ring (bicyclic) bond motifs is 2. The number of amides is 1. The molecule has 7 heteroatoms. The third-order valence-corrected chi connectivity index (χ3v) is 5.11. The number of rotatable bonds is 4. The number of hydrogen-bond donors (Lipinski definition) is 1. The van der Waals surface area contributed by atoms with E-state index in [-0.39, 0.29) is 12.7 Å². The molecular formula is C23H19N3O4. The molecule has 5 rings (SSSR count). The SMILES string of the molecule is COc1ccc(-c2nc3ccc(NC(=O)c4ccc5c(c4)OCO5)cn3c2C)cc1. The molecule has 1 aliphatic rings. The van der Waals surface area contributed by atoms with Gasteiger partial charge in [-0.2, -0.15) is 0 Å². The van der Waals surface area contributed by atoms with Gasteiger partial charge in [-0.3, -0.25) is 4.79 Å². The Morgan fingerprint density at radius 1 is 1.07 bits per heavy atom. The van der Waals surface area contributed by atoms with Crippen LogP contribution in [0, 0.1) is 6.92 Å². The Morgan fingerprint density at radius 3 is 2.67 bits per heavy atom. The predicted octanol–water partition coefficient (Wildman–Crippen LogP) is 4.30. The Kier molecular flexibility index (Phi) is 4.28. The Balaban J connectivity index is 1.43. The maximum absolute atomic E-state index is 12.7. The van der Waals surface area contributed by atoms with Gasteiger partial charge in [0.2, 0.25) is 6.79 Å². The zero-order valence-electron chi connectivity index (χ0n) is 16.5. The van der Waals surface area contributed by atoms with Crippen molar-refractivity contribution in [1.29, 1.82) is 0 Å². The lowest BCUT2D eigenvalue weighted by molar-refractivity contribution is 0.102. The normalized spacial score (nSPS) is 12.2. The van der Waals surface area contributed by atoms with Crippen LogP contribution < -0.4 is 19.5 Å². The van der Waals surface area contributed by atoms with Gasteiger partial charge in [-0.05, 0) is 61.5 Å². The second-order valence-corrected chi connectivity index (χ2v) is 6.94. The minimum Gasteiger partial charge on any atom is -0.497 e. The van der Waals surface area contributed by atoms with Crippen LogP contribution in [0.25, 0.3) is 16.9 Å². The summed E-state index contributed by atoms with van der Waals surface area (Å²) in [6.07, 6.45) is 1.87. The lowest BCUT2D eigenvalue weighted by atomic mass is 10.1. The van der Waals surface area contributed by atoms with Crippen LogP contribution in [0.3, 0.4) is 0 Å².